The molecular weight excluding hydrogens is 324 g/mol. The Hall–Kier alpha value is -2.89. The van der Waals surface area contributed by atoms with Crippen LogP contribution in [-0.4, -0.2) is 27.5 Å². The molecule has 1 aliphatic heterocycles. The van der Waals surface area contributed by atoms with Crippen LogP contribution >= 0.6 is 0 Å². The van der Waals surface area contributed by atoms with Gasteiger partial charge in [-0.3, -0.25) is 4.98 Å². The summed E-state index contributed by atoms with van der Waals surface area (Å²) in [7, 11) is 0. The Morgan fingerprint density at radius 3 is 2.88 bits per heavy atom. The number of aromatic nitrogens is 3. The number of nitrogens with zero attached hydrogens (tertiary/aromatic N) is 4. The number of benzene rings is 1. The summed E-state index contributed by atoms with van der Waals surface area (Å²) in [5.41, 5.74) is 9.83. The summed E-state index contributed by atoms with van der Waals surface area (Å²) in [6, 6.07) is 10.6. The van der Waals surface area contributed by atoms with Gasteiger partial charge in [-0.1, -0.05) is 18.2 Å². The molecular formula is C20H24N6. The highest BCUT2D eigenvalue weighted by Gasteiger charge is 2.23. The summed E-state index contributed by atoms with van der Waals surface area (Å²) in [4.78, 5) is 15.8. The monoisotopic (exact) mass is 348 g/mol. The number of nitrogens with one attached hydrogen (secondary N) is 1. The highest BCUT2D eigenvalue weighted by molar-refractivity contribution is 5.93. The molecule has 0 bridgehead atoms. The van der Waals surface area contributed by atoms with E-state index in [4.69, 9.17) is 5.73 Å². The third-order valence-corrected chi connectivity index (χ3v) is 5.05. The van der Waals surface area contributed by atoms with Gasteiger partial charge in [-0.15, -0.1) is 0 Å². The Bertz CT molecular complexity index is 939. The van der Waals surface area contributed by atoms with E-state index in [2.05, 4.69) is 44.2 Å². The quantitative estimate of drug-likeness (QED) is 0.744. The van der Waals surface area contributed by atoms with Crippen molar-refractivity contribution >= 4 is 33.9 Å². The van der Waals surface area contributed by atoms with E-state index in [9.17, 15) is 0 Å². The van der Waals surface area contributed by atoms with E-state index in [-0.39, 0.29) is 0 Å². The Kier molecular flexibility index (Phi) is 4.32. The lowest BCUT2D eigenvalue weighted by Crippen LogP contribution is -2.38. The van der Waals surface area contributed by atoms with Gasteiger partial charge in [0.25, 0.3) is 0 Å². The lowest BCUT2D eigenvalue weighted by Gasteiger charge is -2.35. The van der Waals surface area contributed by atoms with Gasteiger partial charge < -0.3 is 16.0 Å². The van der Waals surface area contributed by atoms with E-state index in [0.29, 0.717) is 17.5 Å². The van der Waals surface area contributed by atoms with Gasteiger partial charge in [0.2, 0.25) is 0 Å². The fourth-order valence-electron chi connectivity index (χ4n) is 3.60. The third kappa shape index (κ3) is 3.03. The van der Waals surface area contributed by atoms with Crippen LogP contribution in [0.2, 0.25) is 0 Å². The van der Waals surface area contributed by atoms with Crippen LogP contribution in [0.15, 0.2) is 36.7 Å². The second-order valence-electron chi connectivity index (χ2n) is 6.95. The fraction of sp³-hybridized carbons (Fsp3) is 0.350. The van der Waals surface area contributed by atoms with Gasteiger partial charge in [0.1, 0.15) is 12.0 Å². The SMILES string of the molecule is Cc1ccc2cccc(Nc3ncnc(N4CCCCC4C)c3N)c2n1. The minimum absolute atomic E-state index is 0.440. The zero-order valence-corrected chi connectivity index (χ0v) is 15.2. The molecule has 6 nitrogen and oxygen atoms in total. The molecule has 0 amide bonds. The molecule has 6 heteroatoms. The van der Waals surface area contributed by atoms with Crippen LogP contribution < -0.4 is 16.0 Å². The number of nitrogens with two attached hydrogens (primary N) is 1. The Labute approximate surface area is 153 Å². The molecule has 1 aliphatic rings. The van der Waals surface area contributed by atoms with Crippen LogP contribution in [0.5, 0.6) is 0 Å². The normalized spacial score (nSPS) is 17.5. The number of pyridine rings is 1. The molecule has 1 saturated heterocycles. The molecule has 0 radical (unpaired) electrons. The second-order valence-corrected chi connectivity index (χ2v) is 6.95. The van der Waals surface area contributed by atoms with Crippen LogP contribution in [-0.2, 0) is 0 Å². The second kappa shape index (κ2) is 6.78. The van der Waals surface area contributed by atoms with Crippen molar-refractivity contribution in [3.8, 4) is 0 Å². The topological polar surface area (TPSA) is 80.0 Å². The minimum Gasteiger partial charge on any atom is -0.393 e. The third-order valence-electron chi connectivity index (χ3n) is 5.05. The first-order chi connectivity index (χ1) is 12.6. The number of rotatable bonds is 3. The van der Waals surface area contributed by atoms with Gasteiger partial charge in [-0.05, 0) is 45.2 Å². The van der Waals surface area contributed by atoms with E-state index in [0.717, 1.165) is 34.6 Å². The zero-order valence-electron chi connectivity index (χ0n) is 15.2. The average Bonchev–Trinajstić information content (AvgIpc) is 2.65. The van der Waals surface area contributed by atoms with E-state index < -0.39 is 0 Å². The van der Waals surface area contributed by atoms with Crippen LogP contribution in [0.3, 0.4) is 0 Å². The summed E-state index contributed by atoms with van der Waals surface area (Å²) in [6.45, 7) is 5.20. The molecule has 1 aromatic carbocycles. The summed E-state index contributed by atoms with van der Waals surface area (Å²) in [6.07, 6.45) is 5.18. The molecule has 1 atom stereocenters. The number of anilines is 4. The summed E-state index contributed by atoms with van der Waals surface area (Å²) >= 11 is 0. The van der Waals surface area contributed by atoms with Crippen molar-refractivity contribution in [1.29, 1.82) is 0 Å². The Balaban J connectivity index is 1.71. The lowest BCUT2D eigenvalue weighted by atomic mass is 10.0. The van der Waals surface area contributed by atoms with Crippen LogP contribution in [0.1, 0.15) is 31.9 Å². The standard InChI is InChI=1S/C20H24N6/c1-13-9-10-15-7-5-8-16(18(15)24-13)25-19-17(21)20(23-12-22-19)26-11-4-3-6-14(26)2/h5,7-10,12,14H,3-4,6,11,21H2,1-2H3,(H,22,23,25). The first kappa shape index (κ1) is 16.6. The van der Waals surface area contributed by atoms with Gasteiger partial charge in [0.15, 0.2) is 11.6 Å². The van der Waals surface area contributed by atoms with Crippen molar-refractivity contribution in [3.63, 3.8) is 0 Å². The summed E-state index contributed by atoms with van der Waals surface area (Å²) in [5.74, 6) is 1.45. The van der Waals surface area contributed by atoms with Crippen LogP contribution in [0.4, 0.5) is 23.0 Å². The molecule has 0 aliphatic carbocycles. The molecule has 3 heterocycles. The first-order valence-electron chi connectivity index (χ1n) is 9.14. The van der Waals surface area contributed by atoms with Crippen molar-refractivity contribution in [2.45, 2.75) is 39.2 Å². The number of fused-ring (bicyclic) bond motifs is 1. The number of aryl methyl sites for hydroxylation is 1. The maximum atomic E-state index is 6.45. The summed E-state index contributed by atoms with van der Waals surface area (Å²) in [5, 5.41) is 4.45. The number of hydrogen-bond donors (Lipinski definition) is 2. The number of para-hydroxylation sites is 1. The minimum atomic E-state index is 0.440. The predicted molar refractivity (Wildman–Crippen MR) is 107 cm³/mol. The maximum absolute atomic E-state index is 6.45. The van der Waals surface area contributed by atoms with E-state index >= 15 is 0 Å². The van der Waals surface area contributed by atoms with Crippen LogP contribution in [0, 0.1) is 6.92 Å². The number of hydrogen-bond acceptors (Lipinski definition) is 6. The Morgan fingerprint density at radius 1 is 1.15 bits per heavy atom. The maximum Gasteiger partial charge on any atom is 0.159 e. The van der Waals surface area contributed by atoms with Crippen molar-refractivity contribution in [2.24, 2.45) is 0 Å². The largest absolute Gasteiger partial charge is 0.393 e. The van der Waals surface area contributed by atoms with Crippen molar-refractivity contribution in [1.82, 2.24) is 15.0 Å². The van der Waals surface area contributed by atoms with Crippen molar-refractivity contribution in [2.75, 3.05) is 22.5 Å². The van der Waals surface area contributed by atoms with E-state index in [1.807, 2.05) is 25.1 Å². The summed E-state index contributed by atoms with van der Waals surface area (Å²) < 4.78 is 0. The Morgan fingerprint density at radius 2 is 2.04 bits per heavy atom. The highest BCUT2D eigenvalue weighted by Crippen LogP contribution is 2.33. The molecule has 3 N–H and O–H groups in total. The van der Waals surface area contributed by atoms with E-state index in [1.54, 1.807) is 6.33 Å². The molecule has 0 spiro atoms. The van der Waals surface area contributed by atoms with E-state index in [1.165, 1.54) is 19.3 Å². The molecule has 1 fully saturated rings. The molecule has 0 saturated carbocycles. The molecule has 26 heavy (non-hydrogen) atoms. The molecule has 3 aromatic rings. The van der Waals surface area contributed by atoms with Crippen LogP contribution in [0.25, 0.3) is 10.9 Å². The molecule has 2 aromatic heterocycles. The number of piperidine rings is 1. The molecule has 134 valence electrons. The predicted octanol–water partition coefficient (Wildman–Crippen LogP) is 4.04. The smallest absolute Gasteiger partial charge is 0.159 e. The number of nitrogen functional groups attached to an aromatic ring is 1. The van der Waals surface area contributed by atoms with Gasteiger partial charge in [-0.2, -0.15) is 0 Å². The van der Waals surface area contributed by atoms with Crippen molar-refractivity contribution < 1.29 is 0 Å². The molecule has 4 rings (SSSR count). The van der Waals surface area contributed by atoms with Crippen molar-refractivity contribution in [3.05, 3.63) is 42.4 Å². The lowest BCUT2D eigenvalue weighted by molar-refractivity contribution is 0.481. The molecule has 1 unspecified atom stereocenters. The van der Waals surface area contributed by atoms with Gasteiger partial charge in [0, 0.05) is 23.7 Å². The first-order valence-corrected chi connectivity index (χ1v) is 9.14. The average molecular weight is 348 g/mol. The van der Waals surface area contributed by atoms with Gasteiger partial charge >= 0.3 is 0 Å². The van der Waals surface area contributed by atoms with Gasteiger partial charge in [0.05, 0.1) is 11.2 Å². The highest BCUT2D eigenvalue weighted by atomic mass is 15.2. The zero-order chi connectivity index (χ0) is 18.1. The van der Waals surface area contributed by atoms with Gasteiger partial charge in [-0.25, -0.2) is 9.97 Å². The fourth-order valence-corrected chi connectivity index (χ4v) is 3.60.